The van der Waals surface area contributed by atoms with Crippen LogP contribution in [0.2, 0.25) is 5.02 Å². The first-order chi connectivity index (χ1) is 12.7. The topological polar surface area (TPSA) is 54.1 Å². The van der Waals surface area contributed by atoms with Crippen molar-refractivity contribution in [2.75, 3.05) is 13.7 Å². The van der Waals surface area contributed by atoms with E-state index in [2.05, 4.69) is 41.5 Å². The van der Waals surface area contributed by atoms with Crippen molar-refractivity contribution < 1.29 is 9.53 Å². The Morgan fingerprint density at radius 3 is 2.62 bits per heavy atom. The van der Waals surface area contributed by atoms with Gasteiger partial charge in [0.1, 0.15) is 5.75 Å². The monoisotopic (exact) mass is 370 g/mol. The molecular formula is C21H23ClN2O2. The van der Waals surface area contributed by atoms with Crippen molar-refractivity contribution in [3.05, 3.63) is 52.5 Å². The molecule has 0 aliphatic rings. The molecule has 0 radical (unpaired) electrons. The molecule has 0 saturated carbocycles. The summed E-state index contributed by atoms with van der Waals surface area (Å²) in [5, 5.41) is 4.38. The first-order valence-corrected chi connectivity index (χ1v) is 9.20. The number of methoxy groups -OCH3 is 1. The van der Waals surface area contributed by atoms with E-state index < -0.39 is 0 Å². The summed E-state index contributed by atoms with van der Waals surface area (Å²) < 4.78 is 5.37. The molecule has 2 aromatic carbocycles. The number of carbonyl (C=O) groups excluding carboxylic acids is 1. The molecule has 5 heteroatoms. The first kappa shape index (κ1) is 18.3. The van der Waals surface area contributed by atoms with Crippen molar-refractivity contribution in [2.45, 2.75) is 26.2 Å². The van der Waals surface area contributed by atoms with Gasteiger partial charge in [-0.3, -0.25) is 4.79 Å². The minimum Gasteiger partial charge on any atom is -0.495 e. The Bertz CT molecular complexity index is 901. The lowest BCUT2D eigenvalue weighted by atomic mass is 10.0. The molecule has 3 rings (SSSR count). The Labute approximate surface area is 158 Å². The summed E-state index contributed by atoms with van der Waals surface area (Å²) in [6, 6.07) is 12.5. The van der Waals surface area contributed by atoms with Crippen molar-refractivity contribution in [1.29, 1.82) is 0 Å². The number of hydrogen-bond acceptors (Lipinski definition) is 2. The van der Waals surface area contributed by atoms with Gasteiger partial charge < -0.3 is 15.0 Å². The Kier molecular flexibility index (Phi) is 5.84. The van der Waals surface area contributed by atoms with Crippen LogP contribution in [-0.2, 0) is 17.6 Å². The van der Waals surface area contributed by atoms with Crippen LogP contribution in [0.3, 0.4) is 0 Å². The van der Waals surface area contributed by atoms with Crippen molar-refractivity contribution in [3.63, 3.8) is 0 Å². The van der Waals surface area contributed by atoms with E-state index in [-0.39, 0.29) is 0 Å². The van der Waals surface area contributed by atoms with Crippen LogP contribution in [0.5, 0.6) is 5.75 Å². The molecule has 0 unspecified atom stereocenters. The highest BCUT2D eigenvalue weighted by Crippen LogP contribution is 2.36. The summed E-state index contributed by atoms with van der Waals surface area (Å²) in [5.41, 5.74) is 5.62. The zero-order valence-corrected chi connectivity index (χ0v) is 15.8. The van der Waals surface area contributed by atoms with Gasteiger partial charge in [0.25, 0.3) is 0 Å². The molecule has 136 valence electrons. The number of halogens is 1. The lowest BCUT2D eigenvalue weighted by molar-refractivity contribution is -0.109. The summed E-state index contributed by atoms with van der Waals surface area (Å²) in [7, 11) is 1.61. The summed E-state index contributed by atoms with van der Waals surface area (Å²) in [6.07, 6.45) is 3.66. The lowest BCUT2D eigenvalue weighted by Gasteiger charge is -2.07. The van der Waals surface area contributed by atoms with Gasteiger partial charge in [0, 0.05) is 23.1 Å². The van der Waals surface area contributed by atoms with Crippen LogP contribution >= 0.6 is 11.6 Å². The standard InChI is InChI=1S/C21H23ClN2O2/c1-3-4-14-5-7-15(8-6-14)21-16(9-10-23-13-25)17-11-20(26-2)18(22)12-19(17)24-21/h5-8,11-13,24H,3-4,9-10H2,1-2H3,(H,23,25). The molecule has 0 fully saturated rings. The Balaban J connectivity index is 2.09. The first-order valence-electron chi connectivity index (χ1n) is 8.82. The van der Waals surface area contributed by atoms with Crippen LogP contribution in [0, 0.1) is 0 Å². The van der Waals surface area contributed by atoms with Crippen LogP contribution in [0.15, 0.2) is 36.4 Å². The van der Waals surface area contributed by atoms with E-state index in [0.717, 1.165) is 53.4 Å². The van der Waals surface area contributed by atoms with Crippen LogP contribution in [0.25, 0.3) is 22.2 Å². The molecule has 1 aromatic heterocycles. The molecular weight excluding hydrogens is 348 g/mol. The number of fused-ring (bicyclic) bond motifs is 1. The van der Waals surface area contributed by atoms with E-state index >= 15 is 0 Å². The van der Waals surface area contributed by atoms with E-state index in [0.29, 0.717) is 17.3 Å². The third kappa shape index (κ3) is 3.70. The summed E-state index contributed by atoms with van der Waals surface area (Å²) in [5.74, 6) is 0.646. The molecule has 4 nitrogen and oxygen atoms in total. The maximum absolute atomic E-state index is 10.6. The van der Waals surface area contributed by atoms with Gasteiger partial charge in [-0.05, 0) is 41.7 Å². The van der Waals surface area contributed by atoms with Crippen LogP contribution in [0.4, 0.5) is 0 Å². The fourth-order valence-electron chi connectivity index (χ4n) is 3.30. The number of aromatic amines is 1. The highest BCUT2D eigenvalue weighted by Gasteiger charge is 2.15. The minimum atomic E-state index is 0.572. The predicted octanol–water partition coefficient (Wildman–Crippen LogP) is 4.74. The Morgan fingerprint density at radius 2 is 1.96 bits per heavy atom. The number of ether oxygens (including phenoxy) is 1. The van der Waals surface area contributed by atoms with Crippen molar-refractivity contribution in [3.8, 4) is 17.0 Å². The van der Waals surface area contributed by atoms with Crippen molar-refractivity contribution in [1.82, 2.24) is 10.3 Å². The van der Waals surface area contributed by atoms with Crippen molar-refractivity contribution >= 4 is 28.9 Å². The molecule has 1 heterocycles. The number of aromatic nitrogens is 1. The molecule has 0 spiro atoms. The van der Waals surface area contributed by atoms with E-state index in [1.165, 1.54) is 5.56 Å². The van der Waals surface area contributed by atoms with Crippen molar-refractivity contribution in [2.24, 2.45) is 0 Å². The molecule has 26 heavy (non-hydrogen) atoms. The molecule has 3 aromatic rings. The van der Waals surface area contributed by atoms with E-state index in [9.17, 15) is 4.79 Å². The third-order valence-corrected chi connectivity index (χ3v) is 4.86. The van der Waals surface area contributed by atoms with E-state index in [1.807, 2.05) is 12.1 Å². The zero-order valence-electron chi connectivity index (χ0n) is 15.1. The molecule has 0 atom stereocenters. The smallest absolute Gasteiger partial charge is 0.207 e. The van der Waals surface area contributed by atoms with Gasteiger partial charge in [-0.1, -0.05) is 49.2 Å². The number of nitrogens with one attached hydrogen (secondary N) is 2. The SMILES string of the molecule is CCCc1ccc(-c2[nH]c3cc(Cl)c(OC)cc3c2CCNC=O)cc1. The van der Waals surface area contributed by atoms with Gasteiger partial charge >= 0.3 is 0 Å². The van der Waals surface area contributed by atoms with Gasteiger partial charge in [0.15, 0.2) is 0 Å². The molecule has 0 bridgehead atoms. The van der Waals surface area contributed by atoms with E-state index in [4.69, 9.17) is 16.3 Å². The number of H-pyrrole nitrogens is 1. The lowest BCUT2D eigenvalue weighted by Crippen LogP contribution is -2.14. The number of aryl methyl sites for hydroxylation is 1. The summed E-state index contributed by atoms with van der Waals surface area (Å²) in [4.78, 5) is 14.1. The summed E-state index contributed by atoms with van der Waals surface area (Å²) in [6.45, 7) is 2.75. The molecule has 1 amide bonds. The summed E-state index contributed by atoms with van der Waals surface area (Å²) >= 11 is 6.29. The van der Waals surface area contributed by atoms with Gasteiger partial charge in [-0.2, -0.15) is 0 Å². The normalized spacial score (nSPS) is 10.9. The number of benzene rings is 2. The maximum atomic E-state index is 10.6. The number of carbonyl (C=O) groups is 1. The number of hydrogen-bond donors (Lipinski definition) is 2. The second kappa shape index (κ2) is 8.28. The van der Waals surface area contributed by atoms with Crippen LogP contribution in [-0.4, -0.2) is 25.0 Å². The second-order valence-electron chi connectivity index (χ2n) is 6.28. The predicted molar refractivity (Wildman–Crippen MR) is 107 cm³/mol. The largest absolute Gasteiger partial charge is 0.495 e. The Morgan fingerprint density at radius 1 is 1.19 bits per heavy atom. The van der Waals surface area contributed by atoms with Gasteiger partial charge in [0.2, 0.25) is 6.41 Å². The average Bonchev–Trinajstić information content (AvgIpc) is 2.99. The van der Waals surface area contributed by atoms with Crippen LogP contribution < -0.4 is 10.1 Å². The second-order valence-corrected chi connectivity index (χ2v) is 6.69. The minimum absolute atomic E-state index is 0.572. The highest BCUT2D eigenvalue weighted by molar-refractivity contribution is 6.32. The fraction of sp³-hybridized carbons (Fsp3) is 0.286. The quantitative estimate of drug-likeness (QED) is 0.444. The fourth-order valence-corrected chi connectivity index (χ4v) is 3.54. The molecule has 0 aliphatic heterocycles. The van der Waals surface area contributed by atoms with E-state index in [1.54, 1.807) is 7.11 Å². The average molecular weight is 371 g/mol. The zero-order chi connectivity index (χ0) is 18.5. The van der Waals surface area contributed by atoms with Crippen LogP contribution in [0.1, 0.15) is 24.5 Å². The Hall–Kier alpha value is -2.46. The molecule has 2 N–H and O–H groups in total. The molecule has 0 aliphatic carbocycles. The van der Waals surface area contributed by atoms with Gasteiger partial charge in [-0.15, -0.1) is 0 Å². The maximum Gasteiger partial charge on any atom is 0.207 e. The number of amides is 1. The van der Waals surface area contributed by atoms with Gasteiger partial charge in [0.05, 0.1) is 12.1 Å². The van der Waals surface area contributed by atoms with Gasteiger partial charge in [-0.25, -0.2) is 0 Å². The highest BCUT2D eigenvalue weighted by atomic mass is 35.5. The number of rotatable bonds is 8. The molecule has 0 saturated heterocycles. The third-order valence-electron chi connectivity index (χ3n) is 4.56.